The maximum Gasteiger partial charge on any atom is 0.203 e. The van der Waals surface area contributed by atoms with E-state index >= 15 is 0 Å². The highest BCUT2D eigenvalue weighted by molar-refractivity contribution is 5.33. The van der Waals surface area contributed by atoms with Gasteiger partial charge in [-0.15, -0.1) is 0 Å². The minimum Gasteiger partial charge on any atom is -0.383 e. The van der Waals surface area contributed by atoms with Gasteiger partial charge < -0.3 is 14.6 Å². The highest BCUT2D eigenvalue weighted by atomic mass is 16.5. The van der Waals surface area contributed by atoms with Crippen LogP contribution in [0.15, 0.2) is 36.5 Å². The first-order chi connectivity index (χ1) is 9.61. The average Bonchev–Trinajstić information content (AvgIpc) is 2.80. The van der Waals surface area contributed by atoms with E-state index in [0.717, 1.165) is 11.6 Å². The van der Waals surface area contributed by atoms with Gasteiger partial charge in [0.05, 0.1) is 18.3 Å². The Morgan fingerprint density at radius 1 is 1.25 bits per heavy atom. The number of ether oxygens (including phenoxy) is 1. The molecule has 0 aliphatic carbocycles. The van der Waals surface area contributed by atoms with Gasteiger partial charge in [0.25, 0.3) is 0 Å². The molecule has 108 valence electrons. The van der Waals surface area contributed by atoms with Gasteiger partial charge in [0, 0.05) is 19.3 Å². The second-order valence-electron chi connectivity index (χ2n) is 5.20. The molecule has 20 heavy (non-hydrogen) atoms. The Hall–Kier alpha value is -1.81. The molecule has 1 aromatic heterocycles. The second kappa shape index (κ2) is 6.57. The van der Waals surface area contributed by atoms with E-state index in [9.17, 15) is 0 Å². The average molecular weight is 273 g/mol. The van der Waals surface area contributed by atoms with Crippen LogP contribution in [0.5, 0.6) is 0 Å². The van der Waals surface area contributed by atoms with Crippen molar-refractivity contribution in [2.45, 2.75) is 32.9 Å². The van der Waals surface area contributed by atoms with Crippen LogP contribution in [-0.2, 0) is 4.74 Å². The molecule has 4 nitrogen and oxygen atoms in total. The lowest BCUT2D eigenvalue weighted by Gasteiger charge is -2.20. The number of aromatic nitrogens is 2. The summed E-state index contributed by atoms with van der Waals surface area (Å²) in [4.78, 5) is 4.58. The number of aryl methyl sites for hydroxylation is 1. The molecule has 4 heteroatoms. The lowest BCUT2D eigenvalue weighted by molar-refractivity contribution is 0.190. The number of rotatable bonds is 6. The molecule has 0 fully saturated rings. The molecular formula is C16H23N3O. The monoisotopic (exact) mass is 273 g/mol. The summed E-state index contributed by atoms with van der Waals surface area (Å²) in [5.74, 6) is 0.892. The maximum atomic E-state index is 5.17. The summed E-state index contributed by atoms with van der Waals surface area (Å²) < 4.78 is 7.35. The molecule has 2 unspecified atom stereocenters. The smallest absolute Gasteiger partial charge is 0.203 e. The zero-order chi connectivity index (χ0) is 14.5. The molecule has 0 saturated heterocycles. The summed E-state index contributed by atoms with van der Waals surface area (Å²) in [6, 6.07) is 10.9. The molecule has 1 aromatic carbocycles. The summed E-state index contributed by atoms with van der Waals surface area (Å²) in [7, 11) is 1.71. The van der Waals surface area contributed by atoms with E-state index in [-0.39, 0.29) is 12.1 Å². The quantitative estimate of drug-likeness (QED) is 0.878. The first-order valence-corrected chi connectivity index (χ1v) is 6.97. The van der Waals surface area contributed by atoms with E-state index in [1.807, 2.05) is 13.0 Å². The van der Waals surface area contributed by atoms with E-state index in [1.54, 1.807) is 7.11 Å². The van der Waals surface area contributed by atoms with Crippen molar-refractivity contribution in [1.29, 1.82) is 0 Å². The maximum absolute atomic E-state index is 5.17. The van der Waals surface area contributed by atoms with E-state index in [4.69, 9.17) is 4.74 Å². The zero-order valence-electron chi connectivity index (χ0n) is 12.6. The zero-order valence-corrected chi connectivity index (χ0v) is 12.6. The number of hydrogen-bond donors (Lipinski definition) is 1. The number of nitrogens with one attached hydrogen (secondary N) is 1. The topological polar surface area (TPSA) is 39.1 Å². The standard InChI is InChI=1S/C16H23N3O/c1-12-10-19(14(3)15-8-6-5-7-9-15)16(17-12)18-13(2)11-20-4/h5-10,13-14H,11H2,1-4H3,(H,17,18). The van der Waals surface area contributed by atoms with Gasteiger partial charge in [-0.2, -0.15) is 0 Å². The minimum absolute atomic E-state index is 0.225. The van der Waals surface area contributed by atoms with E-state index in [2.05, 4.69) is 59.2 Å². The largest absolute Gasteiger partial charge is 0.383 e. The Balaban J connectivity index is 2.23. The molecule has 0 aliphatic rings. The lowest BCUT2D eigenvalue weighted by Crippen LogP contribution is -2.24. The predicted molar refractivity (Wildman–Crippen MR) is 82.2 cm³/mol. The SMILES string of the molecule is COCC(C)Nc1nc(C)cn1C(C)c1ccccc1. The van der Waals surface area contributed by atoms with Gasteiger partial charge in [-0.3, -0.25) is 0 Å². The van der Waals surface area contributed by atoms with Crippen LogP contribution in [0.2, 0.25) is 0 Å². The van der Waals surface area contributed by atoms with Crippen LogP contribution >= 0.6 is 0 Å². The number of methoxy groups -OCH3 is 1. The first kappa shape index (κ1) is 14.6. The van der Waals surface area contributed by atoms with Crippen molar-refractivity contribution in [3.05, 3.63) is 47.8 Å². The fraction of sp³-hybridized carbons (Fsp3) is 0.438. The van der Waals surface area contributed by atoms with Crippen LogP contribution in [0.4, 0.5) is 5.95 Å². The van der Waals surface area contributed by atoms with Gasteiger partial charge in [-0.1, -0.05) is 30.3 Å². The molecule has 0 bridgehead atoms. The normalized spacial score (nSPS) is 14.0. The van der Waals surface area contributed by atoms with Crippen LogP contribution in [-0.4, -0.2) is 29.3 Å². The van der Waals surface area contributed by atoms with E-state index in [0.29, 0.717) is 6.61 Å². The predicted octanol–water partition coefficient (Wildman–Crippen LogP) is 3.25. The Kier molecular flexibility index (Phi) is 4.79. The molecule has 1 N–H and O–H groups in total. The van der Waals surface area contributed by atoms with Gasteiger partial charge in [0.2, 0.25) is 5.95 Å². The minimum atomic E-state index is 0.225. The van der Waals surface area contributed by atoms with Crippen molar-refractivity contribution >= 4 is 5.95 Å². The third-order valence-corrected chi connectivity index (χ3v) is 3.34. The molecular weight excluding hydrogens is 250 g/mol. The molecule has 2 atom stereocenters. The highest BCUT2D eigenvalue weighted by Gasteiger charge is 2.15. The van der Waals surface area contributed by atoms with Crippen molar-refractivity contribution in [1.82, 2.24) is 9.55 Å². The lowest BCUT2D eigenvalue weighted by atomic mass is 10.1. The number of imidazole rings is 1. The summed E-state index contributed by atoms with van der Waals surface area (Å²) in [5, 5.41) is 3.41. The molecule has 0 aliphatic heterocycles. The molecule has 2 aromatic rings. The van der Waals surface area contributed by atoms with Crippen molar-refractivity contribution in [3.8, 4) is 0 Å². The number of nitrogens with zero attached hydrogens (tertiary/aromatic N) is 2. The van der Waals surface area contributed by atoms with Gasteiger partial charge in [-0.05, 0) is 26.3 Å². The third-order valence-electron chi connectivity index (χ3n) is 3.34. The Bertz CT molecular complexity index is 536. The van der Waals surface area contributed by atoms with Gasteiger partial charge in [-0.25, -0.2) is 4.98 Å². The Morgan fingerprint density at radius 2 is 1.95 bits per heavy atom. The van der Waals surface area contributed by atoms with Crippen LogP contribution in [0.1, 0.15) is 31.1 Å². The van der Waals surface area contributed by atoms with Crippen LogP contribution < -0.4 is 5.32 Å². The Morgan fingerprint density at radius 3 is 2.60 bits per heavy atom. The number of benzene rings is 1. The number of hydrogen-bond acceptors (Lipinski definition) is 3. The van der Waals surface area contributed by atoms with Crippen molar-refractivity contribution in [2.24, 2.45) is 0 Å². The van der Waals surface area contributed by atoms with Gasteiger partial charge in [0.15, 0.2) is 0 Å². The van der Waals surface area contributed by atoms with Crippen molar-refractivity contribution in [3.63, 3.8) is 0 Å². The fourth-order valence-corrected chi connectivity index (χ4v) is 2.32. The fourth-order valence-electron chi connectivity index (χ4n) is 2.32. The molecule has 1 heterocycles. The van der Waals surface area contributed by atoms with Crippen LogP contribution in [0.25, 0.3) is 0 Å². The van der Waals surface area contributed by atoms with Gasteiger partial charge in [0.1, 0.15) is 0 Å². The summed E-state index contributed by atoms with van der Waals surface area (Å²) in [5.41, 5.74) is 2.28. The first-order valence-electron chi connectivity index (χ1n) is 6.97. The summed E-state index contributed by atoms with van der Waals surface area (Å²) in [6.45, 7) is 6.94. The van der Waals surface area contributed by atoms with Crippen molar-refractivity contribution in [2.75, 3.05) is 19.0 Å². The molecule has 0 amide bonds. The van der Waals surface area contributed by atoms with Crippen LogP contribution in [0.3, 0.4) is 0 Å². The molecule has 0 radical (unpaired) electrons. The Labute approximate surface area is 120 Å². The van der Waals surface area contributed by atoms with Crippen molar-refractivity contribution < 1.29 is 4.74 Å². The highest BCUT2D eigenvalue weighted by Crippen LogP contribution is 2.23. The summed E-state index contributed by atoms with van der Waals surface area (Å²) in [6.07, 6.45) is 2.08. The summed E-state index contributed by atoms with van der Waals surface area (Å²) >= 11 is 0. The van der Waals surface area contributed by atoms with E-state index in [1.165, 1.54) is 5.56 Å². The molecule has 2 rings (SSSR count). The van der Waals surface area contributed by atoms with Gasteiger partial charge >= 0.3 is 0 Å². The second-order valence-corrected chi connectivity index (χ2v) is 5.20. The van der Waals surface area contributed by atoms with Crippen LogP contribution in [0, 0.1) is 6.92 Å². The number of anilines is 1. The third kappa shape index (κ3) is 3.39. The molecule has 0 saturated carbocycles. The van der Waals surface area contributed by atoms with E-state index < -0.39 is 0 Å². The molecule has 0 spiro atoms.